The van der Waals surface area contributed by atoms with Gasteiger partial charge in [-0.2, -0.15) is 5.10 Å². The SMILES string of the molecule is Cn1cc(C(=O)Nc2ccc3cnn(C)c3c2)nn1. The molecule has 0 saturated heterocycles. The van der Waals surface area contributed by atoms with E-state index in [1.165, 1.54) is 4.68 Å². The van der Waals surface area contributed by atoms with E-state index in [4.69, 9.17) is 0 Å². The smallest absolute Gasteiger partial charge is 0.277 e. The minimum Gasteiger partial charge on any atom is -0.320 e. The average molecular weight is 256 g/mol. The van der Waals surface area contributed by atoms with Gasteiger partial charge in [-0.25, -0.2) is 0 Å². The number of hydrogen-bond donors (Lipinski definition) is 1. The largest absolute Gasteiger partial charge is 0.320 e. The number of nitrogens with one attached hydrogen (secondary N) is 1. The molecule has 0 aliphatic rings. The molecule has 3 aromatic rings. The number of aromatic nitrogens is 5. The number of fused-ring (bicyclic) bond motifs is 1. The molecule has 0 bridgehead atoms. The van der Waals surface area contributed by atoms with Crippen molar-refractivity contribution in [3.63, 3.8) is 0 Å². The average Bonchev–Trinajstić information content (AvgIpc) is 2.97. The van der Waals surface area contributed by atoms with E-state index >= 15 is 0 Å². The molecule has 0 radical (unpaired) electrons. The fourth-order valence-corrected chi connectivity index (χ4v) is 1.87. The molecule has 7 nitrogen and oxygen atoms in total. The second-order valence-corrected chi connectivity index (χ2v) is 4.27. The van der Waals surface area contributed by atoms with Crippen molar-refractivity contribution in [2.75, 3.05) is 5.32 Å². The quantitative estimate of drug-likeness (QED) is 0.740. The third-order valence-electron chi connectivity index (χ3n) is 2.84. The molecule has 0 aliphatic carbocycles. The van der Waals surface area contributed by atoms with Crippen LogP contribution in [0.3, 0.4) is 0 Å². The first-order valence-corrected chi connectivity index (χ1v) is 5.73. The maximum atomic E-state index is 11.9. The standard InChI is InChI=1S/C12H12N6O/c1-17-7-10(15-16-17)12(19)14-9-4-3-8-6-13-18(2)11(8)5-9/h3-7H,1-2H3,(H,14,19). The van der Waals surface area contributed by atoms with Crippen LogP contribution in [0.4, 0.5) is 5.69 Å². The molecule has 0 saturated carbocycles. The molecule has 3 rings (SSSR count). The minimum absolute atomic E-state index is 0.283. The first-order chi connectivity index (χ1) is 9.13. The predicted octanol–water partition coefficient (Wildman–Crippen LogP) is 0.954. The summed E-state index contributed by atoms with van der Waals surface area (Å²) in [5, 5.41) is 15.5. The summed E-state index contributed by atoms with van der Waals surface area (Å²) in [6.07, 6.45) is 3.35. The van der Waals surface area contributed by atoms with Crippen LogP contribution in [-0.4, -0.2) is 30.7 Å². The summed E-state index contributed by atoms with van der Waals surface area (Å²) in [6, 6.07) is 5.61. The Balaban J connectivity index is 1.88. The van der Waals surface area contributed by atoms with E-state index in [2.05, 4.69) is 20.7 Å². The first-order valence-electron chi connectivity index (χ1n) is 5.73. The number of nitrogens with zero attached hydrogens (tertiary/aromatic N) is 5. The number of carbonyl (C=O) groups is 1. The molecule has 0 atom stereocenters. The van der Waals surface area contributed by atoms with Gasteiger partial charge in [0.1, 0.15) is 0 Å². The minimum atomic E-state index is -0.283. The summed E-state index contributed by atoms with van der Waals surface area (Å²) in [5.41, 5.74) is 1.94. The summed E-state index contributed by atoms with van der Waals surface area (Å²) in [5.74, 6) is -0.283. The number of rotatable bonds is 2. The molecule has 1 amide bonds. The zero-order valence-corrected chi connectivity index (χ0v) is 10.5. The lowest BCUT2D eigenvalue weighted by molar-refractivity contribution is 0.102. The van der Waals surface area contributed by atoms with E-state index in [1.54, 1.807) is 24.1 Å². The van der Waals surface area contributed by atoms with Crippen LogP contribution in [0.15, 0.2) is 30.6 Å². The fourth-order valence-electron chi connectivity index (χ4n) is 1.87. The highest BCUT2D eigenvalue weighted by Gasteiger charge is 2.10. The van der Waals surface area contributed by atoms with Crippen molar-refractivity contribution in [2.45, 2.75) is 0 Å². The number of aryl methyl sites for hydroxylation is 2. The second-order valence-electron chi connectivity index (χ2n) is 4.27. The van der Waals surface area contributed by atoms with Crippen molar-refractivity contribution in [3.8, 4) is 0 Å². The van der Waals surface area contributed by atoms with Crippen molar-refractivity contribution >= 4 is 22.5 Å². The fraction of sp³-hybridized carbons (Fsp3) is 0.167. The van der Waals surface area contributed by atoms with E-state index in [-0.39, 0.29) is 11.6 Å². The van der Waals surface area contributed by atoms with E-state index in [0.29, 0.717) is 5.69 Å². The van der Waals surface area contributed by atoms with E-state index in [0.717, 1.165) is 10.9 Å². The van der Waals surface area contributed by atoms with E-state index in [9.17, 15) is 4.79 Å². The molecule has 96 valence electrons. The Hall–Kier alpha value is -2.70. The lowest BCUT2D eigenvalue weighted by Crippen LogP contribution is -2.12. The zero-order chi connectivity index (χ0) is 13.4. The molecule has 7 heteroatoms. The van der Waals surface area contributed by atoms with Crippen LogP contribution in [0.2, 0.25) is 0 Å². The number of anilines is 1. The van der Waals surface area contributed by atoms with Gasteiger partial charge in [0.2, 0.25) is 0 Å². The van der Waals surface area contributed by atoms with Gasteiger partial charge in [-0.3, -0.25) is 14.2 Å². The van der Waals surface area contributed by atoms with Crippen molar-refractivity contribution in [1.29, 1.82) is 0 Å². The van der Waals surface area contributed by atoms with E-state index in [1.807, 2.05) is 25.2 Å². The molecule has 1 aromatic carbocycles. The molecule has 0 spiro atoms. The molecule has 1 N–H and O–H groups in total. The summed E-state index contributed by atoms with van der Waals surface area (Å²) in [6.45, 7) is 0. The highest BCUT2D eigenvalue weighted by molar-refractivity contribution is 6.03. The predicted molar refractivity (Wildman–Crippen MR) is 69.7 cm³/mol. The molecule has 0 fully saturated rings. The van der Waals surface area contributed by atoms with E-state index < -0.39 is 0 Å². The van der Waals surface area contributed by atoms with Gasteiger partial charge in [0, 0.05) is 25.2 Å². The molecule has 0 aliphatic heterocycles. The van der Waals surface area contributed by atoms with Crippen LogP contribution in [0.5, 0.6) is 0 Å². The lowest BCUT2D eigenvalue weighted by atomic mass is 10.2. The Kier molecular flexibility index (Phi) is 2.52. The zero-order valence-electron chi connectivity index (χ0n) is 10.5. The molecular formula is C12H12N6O. The molecule has 2 aromatic heterocycles. The summed E-state index contributed by atoms with van der Waals surface area (Å²) >= 11 is 0. The second kappa shape index (κ2) is 4.20. The first kappa shape index (κ1) is 11.4. The van der Waals surface area contributed by atoms with Crippen LogP contribution in [0.25, 0.3) is 10.9 Å². The molecule has 0 unspecified atom stereocenters. The molecule has 2 heterocycles. The monoisotopic (exact) mass is 256 g/mol. The molecule has 19 heavy (non-hydrogen) atoms. The Labute approximate surface area is 108 Å². The lowest BCUT2D eigenvalue weighted by Gasteiger charge is -2.03. The summed E-state index contributed by atoms with van der Waals surface area (Å²) in [4.78, 5) is 11.9. The van der Waals surface area contributed by atoms with Gasteiger partial charge in [0.15, 0.2) is 5.69 Å². The van der Waals surface area contributed by atoms with Gasteiger partial charge in [-0.05, 0) is 18.2 Å². The van der Waals surface area contributed by atoms with Crippen LogP contribution in [0.1, 0.15) is 10.5 Å². The van der Waals surface area contributed by atoms with Gasteiger partial charge >= 0.3 is 0 Å². The Morgan fingerprint density at radius 1 is 1.32 bits per heavy atom. The van der Waals surface area contributed by atoms with Gasteiger partial charge in [-0.15, -0.1) is 5.10 Å². The Morgan fingerprint density at radius 3 is 2.89 bits per heavy atom. The summed E-state index contributed by atoms with van der Waals surface area (Å²) in [7, 11) is 3.57. The van der Waals surface area contributed by atoms with Gasteiger partial charge in [-0.1, -0.05) is 5.21 Å². The maximum absolute atomic E-state index is 11.9. The third kappa shape index (κ3) is 2.05. The summed E-state index contributed by atoms with van der Waals surface area (Å²) < 4.78 is 3.24. The van der Waals surface area contributed by atoms with Crippen molar-refractivity contribution in [3.05, 3.63) is 36.3 Å². The van der Waals surface area contributed by atoms with Crippen LogP contribution >= 0.6 is 0 Å². The number of carbonyl (C=O) groups excluding carboxylic acids is 1. The Bertz CT molecular complexity index is 757. The van der Waals surface area contributed by atoms with Crippen LogP contribution < -0.4 is 5.32 Å². The highest BCUT2D eigenvalue weighted by Crippen LogP contribution is 2.18. The van der Waals surface area contributed by atoms with Gasteiger partial charge in [0.25, 0.3) is 5.91 Å². The van der Waals surface area contributed by atoms with Crippen molar-refractivity contribution < 1.29 is 4.79 Å². The number of amides is 1. The third-order valence-corrected chi connectivity index (χ3v) is 2.84. The molecular weight excluding hydrogens is 244 g/mol. The van der Waals surface area contributed by atoms with Crippen molar-refractivity contribution in [2.24, 2.45) is 14.1 Å². The number of hydrogen-bond acceptors (Lipinski definition) is 4. The van der Waals surface area contributed by atoms with Gasteiger partial charge < -0.3 is 5.32 Å². The van der Waals surface area contributed by atoms with Gasteiger partial charge in [0.05, 0.1) is 17.9 Å². The maximum Gasteiger partial charge on any atom is 0.277 e. The van der Waals surface area contributed by atoms with Crippen LogP contribution in [-0.2, 0) is 14.1 Å². The van der Waals surface area contributed by atoms with Crippen LogP contribution in [0, 0.1) is 0 Å². The topological polar surface area (TPSA) is 77.6 Å². The Morgan fingerprint density at radius 2 is 2.16 bits per heavy atom. The highest BCUT2D eigenvalue weighted by atomic mass is 16.2. The normalized spacial score (nSPS) is 10.8. The number of benzene rings is 1. The van der Waals surface area contributed by atoms with Crippen molar-refractivity contribution in [1.82, 2.24) is 24.8 Å².